The summed E-state index contributed by atoms with van der Waals surface area (Å²) in [5.41, 5.74) is 1.06. The van der Waals surface area contributed by atoms with Crippen molar-refractivity contribution in [2.75, 3.05) is 11.9 Å². The second-order valence-electron chi connectivity index (χ2n) is 3.92. The summed E-state index contributed by atoms with van der Waals surface area (Å²) in [5, 5.41) is 3.20. The van der Waals surface area contributed by atoms with E-state index in [0.29, 0.717) is 0 Å². The molecule has 0 fully saturated rings. The Kier molecular flexibility index (Phi) is 3.42. The molecule has 0 amide bonds. The van der Waals surface area contributed by atoms with Crippen molar-refractivity contribution < 1.29 is 4.39 Å². The van der Waals surface area contributed by atoms with Crippen LogP contribution in [0.3, 0.4) is 0 Å². The molecule has 0 aliphatic heterocycles. The topological polar surface area (TPSA) is 29.9 Å². The summed E-state index contributed by atoms with van der Waals surface area (Å²) >= 11 is 0. The van der Waals surface area contributed by atoms with Gasteiger partial charge in [0.15, 0.2) is 0 Å². The molecule has 0 aliphatic rings. The van der Waals surface area contributed by atoms with Crippen LogP contribution in [-0.4, -0.2) is 16.1 Å². The van der Waals surface area contributed by atoms with E-state index in [4.69, 9.17) is 0 Å². The fraction of sp³-hybridized carbons (Fsp3) is 0.308. The molecular weight excluding hydrogens is 217 g/mol. The number of imidazole rings is 1. The summed E-state index contributed by atoms with van der Waals surface area (Å²) < 4.78 is 14.9. The van der Waals surface area contributed by atoms with Crippen LogP contribution in [0, 0.1) is 5.82 Å². The molecule has 1 aromatic carbocycles. The molecule has 0 aliphatic carbocycles. The first kappa shape index (κ1) is 11.6. The van der Waals surface area contributed by atoms with Gasteiger partial charge in [0.25, 0.3) is 0 Å². The Morgan fingerprint density at radius 2 is 2.06 bits per heavy atom. The van der Waals surface area contributed by atoms with Gasteiger partial charge >= 0.3 is 0 Å². The molecule has 17 heavy (non-hydrogen) atoms. The first-order valence-electron chi connectivity index (χ1n) is 5.74. The lowest BCUT2D eigenvalue weighted by Gasteiger charge is -2.17. The highest BCUT2D eigenvalue weighted by atomic mass is 19.1. The Hall–Kier alpha value is -1.84. The standard InChI is InChI=1S/C13H16FN3/c1-3-15-13-16-8-9-17(13)10(2)11-4-6-12(14)7-5-11/h4-10H,3H2,1-2H3,(H,15,16). The third-order valence-electron chi connectivity index (χ3n) is 2.77. The molecule has 0 radical (unpaired) electrons. The van der Waals surface area contributed by atoms with Gasteiger partial charge in [-0.3, -0.25) is 0 Å². The van der Waals surface area contributed by atoms with Crippen LogP contribution in [0.15, 0.2) is 36.7 Å². The van der Waals surface area contributed by atoms with Crippen LogP contribution in [0.25, 0.3) is 0 Å². The van der Waals surface area contributed by atoms with Crippen LogP contribution in [0.2, 0.25) is 0 Å². The third kappa shape index (κ3) is 2.46. The van der Waals surface area contributed by atoms with Crippen molar-refractivity contribution in [2.24, 2.45) is 0 Å². The number of aromatic nitrogens is 2. The summed E-state index contributed by atoms with van der Waals surface area (Å²) in [7, 11) is 0. The average Bonchev–Trinajstić information content (AvgIpc) is 2.78. The van der Waals surface area contributed by atoms with E-state index >= 15 is 0 Å². The van der Waals surface area contributed by atoms with Gasteiger partial charge in [-0.1, -0.05) is 12.1 Å². The second kappa shape index (κ2) is 4.99. The van der Waals surface area contributed by atoms with E-state index in [1.165, 1.54) is 12.1 Å². The van der Waals surface area contributed by atoms with Gasteiger partial charge in [-0.05, 0) is 31.5 Å². The maximum absolute atomic E-state index is 12.9. The number of hydrogen-bond acceptors (Lipinski definition) is 2. The fourth-order valence-electron chi connectivity index (χ4n) is 1.82. The van der Waals surface area contributed by atoms with E-state index in [1.54, 1.807) is 18.3 Å². The van der Waals surface area contributed by atoms with Crippen LogP contribution in [-0.2, 0) is 0 Å². The highest BCUT2D eigenvalue weighted by Crippen LogP contribution is 2.21. The molecule has 1 heterocycles. The summed E-state index contributed by atoms with van der Waals surface area (Å²) in [6.45, 7) is 4.92. The van der Waals surface area contributed by atoms with Gasteiger partial charge in [0.2, 0.25) is 5.95 Å². The quantitative estimate of drug-likeness (QED) is 0.879. The van der Waals surface area contributed by atoms with Crippen LogP contribution < -0.4 is 5.32 Å². The van der Waals surface area contributed by atoms with Crippen molar-refractivity contribution in [1.82, 2.24) is 9.55 Å². The predicted octanol–water partition coefficient (Wildman–Crippen LogP) is 3.06. The third-order valence-corrected chi connectivity index (χ3v) is 2.77. The zero-order valence-electron chi connectivity index (χ0n) is 10.0. The molecule has 1 unspecified atom stereocenters. The fourth-order valence-corrected chi connectivity index (χ4v) is 1.82. The van der Waals surface area contributed by atoms with Crippen molar-refractivity contribution in [2.45, 2.75) is 19.9 Å². The molecule has 1 aromatic heterocycles. The van der Waals surface area contributed by atoms with E-state index in [0.717, 1.165) is 18.1 Å². The van der Waals surface area contributed by atoms with Crippen molar-refractivity contribution in [3.8, 4) is 0 Å². The minimum absolute atomic E-state index is 0.132. The SMILES string of the molecule is CCNc1nccn1C(C)c1ccc(F)cc1. The molecular formula is C13H16FN3. The van der Waals surface area contributed by atoms with E-state index in [-0.39, 0.29) is 11.9 Å². The Morgan fingerprint density at radius 3 is 2.71 bits per heavy atom. The van der Waals surface area contributed by atoms with Gasteiger partial charge in [-0.2, -0.15) is 0 Å². The van der Waals surface area contributed by atoms with Crippen molar-refractivity contribution in [3.63, 3.8) is 0 Å². The van der Waals surface area contributed by atoms with Gasteiger partial charge in [0.1, 0.15) is 5.82 Å². The van der Waals surface area contributed by atoms with Crippen molar-refractivity contribution in [3.05, 3.63) is 48.0 Å². The smallest absolute Gasteiger partial charge is 0.203 e. The van der Waals surface area contributed by atoms with Crippen LogP contribution in [0.5, 0.6) is 0 Å². The van der Waals surface area contributed by atoms with E-state index in [1.807, 2.05) is 17.7 Å². The molecule has 2 aromatic rings. The minimum atomic E-state index is -0.210. The molecule has 1 N–H and O–H groups in total. The number of nitrogens with zero attached hydrogens (tertiary/aromatic N) is 2. The van der Waals surface area contributed by atoms with Crippen molar-refractivity contribution >= 4 is 5.95 Å². The summed E-state index contributed by atoms with van der Waals surface area (Å²) in [6.07, 6.45) is 3.68. The zero-order chi connectivity index (χ0) is 12.3. The predicted molar refractivity (Wildman–Crippen MR) is 66.6 cm³/mol. The lowest BCUT2D eigenvalue weighted by Crippen LogP contribution is -2.11. The van der Waals surface area contributed by atoms with E-state index < -0.39 is 0 Å². The number of nitrogens with one attached hydrogen (secondary N) is 1. The number of benzene rings is 1. The normalized spacial score (nSPS) is 12.4. The minimum Gasteiger partial charge on any atom is -0.356 e. The molecule has 0 saturated heterocycles. The summed E-state index contributed by atoms with van der Waals surface area (Å²) in [4.78, 5) is 4.25. The summed E-state index contributed by atoms with van der Waals surface area (Å²) in [6, 6.07) is 6.70. The lowest BCUT2D eigenvalue weighted by atomic mass is 10.1. The molecule has 0 spiro atoms. The largest absolute Gasteiger partial charge is 0.356 e. The number of halogens is 1. The Bertz CT molecular complexity index is 476. The number of rotatable bonds is 4. The molecule has 0 bridgehead atoms. The molecule has 4 heteroatoms. The first-order chi connectivity index (χ1) is 8.22. The number of hydrogen-bond donors (Lipinski definition) is 1. The van der Waals surface area contributed by atoms with Crippen LogP contribution >= 0.6 is 0 Å². The maximum atomic E-state index is 12.9. The Balaban J connectivity index is 2.26. The van der Waals surface area contributed by atoms with Gasteiger partial charge in [0, 0.05) is 18.9 Å². The highest BCUT2D eigenvalue weighted by molar-refractivity contribution is 5.30. The monoisotopic (exact) mass is 233 g/mol. The Morgan fingerprint density at radius 1 is 1.35 bits per heavy atom. The molecule has 90 valence electrons. The van der Waals surface area contributed by atoms with Crippen molar-refractivity contribution in [1.29, 1.82) is 0 Å². The van der Waals surface area contributed by atoms with E-state index in [2.05, 4.69) is 17.2 Å². The van der Waals surface area contributed by atoms with Gasteiger partial charge in [-0.25, -0.2) is 9.37 Å². The molecule has 0 saturated carbocycles. The van der Waals surface area contributed by atoms with Crippen LogP contribution in [0.4, 0.5) is 10.3 Å². The maximum Gasteiger partial charge on any atom is 0.203 e. The number of anilines is 1. The molecule has 1 atom stereocenters. The van der Waals surface area contributed by atoms with Crippen LogP contribution in [0.1, 0.15) is 25.5 Å². The Labute approximate surface area is 100 Å². The lowest BCUT2D eigenvalue weighted by molar-refractivity contribution is 0.617. The summed E-state index contributed by atoms with van der Waals surface area (Å²) in [5.74, 6) is 0.628. The highest BCUT2D eigenvalue weighted by Gasteiger charge is 2.11. The average molecular weight is 233 g/mol. The van der Waals surface area contributed by atoms with Gasteiger partial charge < -0.3 is 9.88 Å². The zero-order valence-corrected chi connectivity index (χ0v) is 10.0. The molecule has 3 nitrogen and oxygen atoms in total. The van der Waals surface area contributed by atoms with Gasteiger partial charge in [-0.15, -0.1) is 0 Å². The first-order valence-corrected chi connectivity index (χ1v) is 5.74. The second-order valence-corrected chi connectivity index (χ2v) is 3.92. The van der Waals surface area contributed by atoms with E-state index in [9.17, 15) is 4.39 Å². The van der Waals surface area contributed by atoms with Gasteiger partial charge in [0.05, 0.1) is 6.04 Å². The molecule has 2 rings (SSSR count).